The number of hydrogen-bond acceptors (Lipinski definition) is 10. The van der Waals surface area contributed by atoms with E-state index in [0.29, 0.717) is 24.7 Å². The van der Waals surface area contributed by atoms with Gasteiger partial charge in [-0.1, -0.05) is 29.1 Å². The summed E-state index contributed by atoms with van der Waals surface area (Å²) < 4.78 is 49.3. The number of nitrogens with zero attached hydrogens (tertiary/aromatic N) is 6. The Balaban J connectivity index is 1.05. The van der Waals surface area contributed by atoms with Gasteiger partial charge in [0, 0.05) is 41.8 Å². The Morgan fingerprint density at radius 3 is 2.50 bits per heavy atom. The second-order valence-corrected chi connectivity index (χ2v) is 12.7. The number of rotatable bonds is 11. The van der Waals surface area contributed by atoms with Crippen molar-refractivity contribution >= 4 is 10.1 Å². The lowest BCUT2D eigenvalue weighted by Crippen LogP contribution is -2.24. The van der Waals surface area contributed by atoms with E-state index in [0.717, 1.165) is 66.8 Å². The van der Waals surface area contributed by atoms with Gasteiger partial charge in [0.1, 0.15) is 29.7 Å². The van der Waals surface area contributed by atoms with Crippen LogP contribution in [-0.4, -0.2) is 57.9 Å². The molecule has 1 fully saturated rings. The topological polar surface area (TPSA) is 136 Å². The standard InChI is InChI=1S/C33H34N6O6S/c1-24(44-32-5-3-4-18-43-32)33-34-16-17-38(33)21-29-19-30(45-37-29)28-14-12-26(13-15-28)7-6-25-8-10-27(11-9-25)20-39-23-35-36-31(39)22-46(40,41)42-2/h8-17,19,23-24,32H,3-5,18,20-22H2,1-2H3/t24-,32?/m0/s1. The van der Waals surface area contributed by atoms with Crippen molar-refractivity contribution in [1.29, 1.82) is 0 Å². The number of benzene rings is 2. The summed E-state index contributed by atoms with van der Waals surface area (Å²) in [7, 11) is -2.57. The maximum Gasteiger partial charge on any atom is 0.274 e. The SMILES string of the molecule is COS(=O)(=O)Cc1nncn1Cc1ccc(C#Cc2ccc(-c3cc(Cn4ccnc4[C@H](C)OC4CCCCO4)no3)cc2)cc1. The number of imidazole rings is 1. The van der Waals surface area contributed by atoms with E-state index < -0.39 is 10.1 Å². The zero-order valence-corrected chi connectivity index (χ0v) is 26.4. The molecule has 0 radical (unpaired) electrons. The van der Waals surface area contributed by atoms with Crippen LogP contribution in [0.25, 0.3) is 11.3 Å². The van der Waals surface area contributed by atoms with Crippen molar-refractivity contribution in [1.82, 2.24) is 29.5 Å². The first-order valence-corrected chi connectivity index (χ1v) is 16.5. The van der Waals surface area contributed by atoms with Gasteiger partial charge in [-0.25, -0.2) is 4.98 Å². The van der Waals surface area contributed by atoms with E-state index in [4.69, 9.17) is 14.0 Å². The number of ether oxygens (including phenoxy) is 2. The second-order valence-electron chi connectivity index (χ2n) is 10.9. The highest BCUT2D eigenvalue weighted by Gasteiger charge is 2.21. The lowest BCUT2D eigenvalue weighted by atomic mass is 10.1. The average Bonchev–Trinajstić information content (AvgIpc) is 3.84. The molecule has 0 amide bonds. The first-order valence-electron chi connectivity index (χ1n) is 15.0. The molecule has 1 unspecified atom stereocenters. The minimum Gasteiger partial charge on any atom is -0.356 e. The molecule has 6 rings (SSSR count). The smallest absolute Gasteiger partial charge is 0.274 e. The molecule has 1 saturated heterocycles. The maximum atomic E-state index is 11.8. The lowest BCUT2D eigenvalue weighted by molar-refractivity contribution is -0.188. The highest BCUT2D eigenvalue weighted by Crippen LogP contribution is 2.25. The minimum atomic E-state index is -3.69. The van der Waals surface area contributed by atoms with E-state index in [1.54, 1.807) is 10.8 Å². The molecule has 3 aromatic heterocycles. The predicted molar refractivity (Wildman–Crippen MR) is 168 cm³/mol. The summed E-state index contributed by atoms with van der Waals surface area (Å²) in [5, 5.41) is 12.0. The van der Waals surface area contributed by atoms with Crippen molar-refractivity contribution in [2.24, 2.45) is 0 Å². The van der Waals surface area contributed by atoms with Gasteiger partial charge in [-0.15, -0.1) is 10.2 Å². The quantitative estimate of drug-likeness (QED) is 0.147. The van der Waals surface area contributed by atoms with Gasteiger partial charge in [0.05, 0.1) is 20.2 Å². The molecule has 0 spiro atoms. The maximum absolute atomic E-state index is 11.8. The Morgan fingerprint density at radius 1 is 1.02 bits per heavy atom. The first-order chi connectivity index (χ1) is 22.3. The Bertz CT molecular complexity index is 1910. The predicted octanol–water partition coefficient (Wildman–Crippen LogP) is 4.71. The van der Waals surface area contributed by atoms with E-state index in [1.807, 2.05) is 72.3 Å². The van der Waals surface area contributed by atoms with Crippen molar-refractivity contribution in [2.75, 3.05) is 13.7 Å². The van der Waals surface area contributed by atoms with Crippen LogP contribution in [0, 0.1) is 11.8 Å². The Hall–Kier alpha value is -4.61. The second kappa shape index (κ2) is 14.2. The van der Waals surface area contributed by atoms with Gasteiger partial charge >= 0.3 is 0 Å². The van der Waals surface area contributed by atoms with Gasteiger partial charge in [0.2, 0.25) is 0 Å². The Kier molecular flexibility index (Phi) is 9.70. The molecule has 4 heterocycles. The molecule has 2 aromatic carbocycles. The van der Waals surface area contributed by atoms with E-state index >= 15 is 0 Å². The van der Waals surface area contributed by atoms with Crippen molar-refractivity contribution in [3.63, 3.8) is 0 Å². The van der Waals surface area contributed by atoms with E-state index in [2.05, 4.69) is 36.4 Å². The van der Waals surface area contributed by atoms with Crippen LogP contribution in [0.3, 0.4) is 0 Å². The van der Waals surface area contributed by atoms with Crippen molar-refractivity contribution in [3.05, 3.63) is 107 Å². The van der Waals surface area contributed by atoms with E-state index in [1.165, 1.54) is 6.33 Å². The molecule has 2 atom stereocenters. The molecule has 12 nitrogen and oxygen atoms in total. The van der Waals surface area contributed by atoms with Gasteiger partial charge in [-0.2, -0.15) is 8.42 Å². The van der Waals surface area contributed by atoms with Crippen LogP contribution in [0.1, 0.15) is 66.3 Å². The van der Waals surface area contributed by atoms with Gasteiger partial charge < -0.3 is 23.1 Å². The fourth-order valence-corrected chi connectivity index (χ4v) is 5.77. The summed E-state index contributed by atoms with van der Waals surface area (Å²) in [4.78, 5) is 4.51. The van der Waals surface area contributed by atoms with Crippen LogP contribution < -0.4 is 0 Å². The summed E-state index contributed by atoms with van der Waals surface area (Å²) in [5.74, 6) is 7.83. The molecule has 46 heavy (non-hydrogen) atoms. The zero-order valence-electron chi connectivity index (χ0n) is 25.6. The molecule has 0 saturated carbocycles. The van der Waals surface area contributed by atoms with Crippen LogP contribution in [0.4, 0.5) is 0 Å². The third-order valence-electron chi connectivity index (χ3n) is 7.58. The molecular weight excluding hydrogens is 608 g/mol. The van der Waals surface area contributed by atoms with Crippen LogP contribution in [0.15, 0.2) is 77.8 Å². The highest BCUT2D eigenvalue weighted by molar-refractivity contribution is 7.85. The van der Waals surface area contributed by atoms with Crippen LogP contribution in [0.2, 0.25) is 0 Å². The van der Waals surface area contributed by atoms with E-state index in [-0.39, 0.29) is 18.1 Å². The average molecular weight is 643 g/mol. The Labute approximate surface area is 267 Å². The summed E-state index contributed by atoms with van der Waals surface area (Å²) >= 11 is 0. The fraction of sp³-hybridized carbons (Fsp3) is 0.333. The molecule has 0 N–H and O–H groups in total. The fourth-order valence-electron chi connectivity index (χ4n) is 5.11. The van der Waals surface area contributed by atoms with E-state index in [9.17, 15) is 8.42 Å². The summed E-state index contributed by atoms with van der Waals surface area (Å²) in [6, 6.07) is 17.5. The summed E-state index contributed by atoms with van der Waals surface area (Å²) in [6.07, 6.45) is 7.86. The summed E-state index contributed by atoms with van der Waals surface area (Å²) in [5.41, 5.74) is 4.35. The largest absolute Gasteiger partial charge is 0.356 e. The molecule has 13 heteroatoms. The molecule has 238 valence electrons. The zero-order chi connectivity index (χ0) is 31.9. The Morgan fingerprint density at radius 2 is 1.78 bits per heavy atom. The van der Waals surface area contributed by atoms with Crippen molar-refractivity contribution in [2.45, 2.75) is 57.4 Å². The molecule has 1 aliphatic rings. The van der Waals surface area contributed by atoms with Crippen LogP contribution in [0.5, 0.6) is 0 Å². The minimum absolute atomic E-state index is 0.191. The molecule has 1 aliphatic heterocycles. The molecular formula is C33H34N6O6S. The molecule has 0 aliphatic carbocycles. The van der Waals surface area contributed by atoms with Crippen LogP contribution >= 0.6 is 0 Å². The van der Waals surface area contributed by atoms with Gasteiger partial charge in [0.15, 0.2) is 17.9 Å². The monoisotopic (exact) mass is 642 g/mol. The van der Waals surface area contributed by atoms with Crippen LogP contribution in [-0.2, 0) is 42.6 Å². The summed E-state index contributed by atoms with van der Waals surface area (Å²) in [6.45, 7) is 3.66. The first kappa shape index (κ1) is 31.4. The van der Waals surface area contributed by atoms with Gasteiger partial charge in [0.25, 0.3) is 10.1 Å². The third kappa shape index (κ3) is 7.96. The molecule has 5 aromatic rings. The molecule has 0 bridgehead atoms. The van der Waals surface area contributed by atoms with Gasteiger partial charge in [-0.3, -0.25) is 4.18 Å². The third-order valence-corrected chi connectivity index (χ3v) is 8.70. The lowest BCUT2D eigenvalue weighted by Gasteiger charge is -2.26. The number of aromatic nitrogens is 6. The van der Waals surface area contributed by atoms with Gasteiger partial charge in [-0.05, 0) is 68.1 Å². The highest BCUT2D eigenvalue weighted by atomic mass is 32.2. The van der Waals surface area contributed by atoms with Crippen molar-refractivity contribution < 1.29 is 26.6 Å². The normalized spacial score (nSPS) is 15.7. The van der Waals surface area contributed by atoms with Crippen molar-refractivity contribution in [3.8, 4) is 23.2 Å². The number of hydrogen-bond donors (Lipinski definition) is 0.